The van der Waals surface area contributed by atoms with Crippen LogP contribution >= 0.6 is 11.1 Å². The van der Waals surface area contributed by atoms with Gasteiger partial charge in [-0.25, -0.2) is 0 Å². The smallest absolute Gasteiger partial charge is 0.289 e. The van der Waals surface area contributed by atoms with Crippen LogP contribution in [0, 0.1) is 0 Å². The molecular weight excluding hydrogens is 320 g/mol. The topological polar surface area (TPSA) is 9.23 Å². The third-order valence-corrected chi connectivity index (χ3v) is 9.68. The number of unbranched alkanes of at least 4 members (excludes halogenated alkanes) is 13. The van der Waals surface area contributed by atoms with Gasteiger partial charge in [0.05, 0.1) is 0 Å². The Balaban J connectivity index is 3.14. The summed E-state index contributed by atoms with van der Waals surface area (Å²) in [6, 6.07) is 2.06. The van der Waals surface area contributed by atoms with E-state index in [0.717, 1.165) is 18.7 Å². The lowest BCUT2D eigenvalue weighted by molar-refractivity contribution is 0.299. The molecule has 0 rings (SSSR count). The molecule has 1 nitrogen and oxygen atoms in total. The fourth-order valence-corrected chi connectivity index (χ4v) is 4.66. The monoisotopic (exact) mass is 362 g/mol. The van der Waals surface area contributed by atoms with Crippen molar-refractivity contribution in [2.75, 3.05) is 6.61 Å². The van der Waals surface area contributed by atoms with E-state index >= 15 is 0 Å². The zero-order valence-corrected chi connectivity index (χ0v) is 18.1. The highest BCUT2D eigenvalue weighted by Gasteiger charge is 2.27. The van der Waals surface area contributed by atoms with Crippen LogP contribution < -0.4 is 0 Å². The summed E-state index contributed by atoms with van der Waals surface area (Å²) in [4.78, 5) is 0. The van der Waals surface area contributed by atoms with Crippen LogP contribution in [0.5, 0.6) is 0 Å². The molecule has 0 N–H and O–H groups in total. The quantitative estimate of drug-likeness (QED) is 0.135. The van der Waals surface area contributed by atoms with E-state index < -0.39 is 7.63 Å². The molecular formula is C20H43ClOSi. The van der Waals surface area contributed by atoms with Crippen molar-refractivity contribution in [2.24, 2.45) is 0 Å². The molecule has 0 unspecified atom stereocenters. The van der Waals surface area contributed by atoms with Gasteiger partial charge < -0.3 is 4.43 Å². The first-order valence-electron chi connectivity index (χ1n) is 10.5. The molecule has 0 radical (unpaired) electrons. The Labute approximate surface area is 152 Å². The second-order valence-electron chi connectivity index (χ2n) is 7.03. The molecule has 0 amide bonds. The molecule has 0 fully saturated rings. The predicted molar refractivity (Wildman–Crippen MR) is 109 cm³/mol. The first-order valence-corrected chi connectivity index (χ1v) is 13.8. The van der Waals surface area contributed by atoms with E-state index in [-0.39, 0.29) is 0 Å². The lowest BCUT2D eigenvalue weighted by atomic mass is 10.0. The van der Waals surface area contributed by atoms with Gasteiger partial charge in [-0.2, -0.15) is 0 Å². The van der Waals surface area contributed by atoms with Crippen LogP contribution in [0.15, 0.2) is 0 Å². The van der Waals surface area contributed by atoms with Crippen molar-refractivity contribution in [1.82, 2.24) is 0 Å². The molecule has 3 heteroatoms. The number of rotatable bonds is 18. The Morgan fingerprint density at radius 1 is 0.565 bits per heavy atom. The van der Waals surface area contributed by atoms with Gasteiger partial charge in [0.1, 0.15) is 0 Å². The van der Waals surface area contributed by atoms with Gasteiger partial charge in [-0.1, -0.05) is 104 Å². The van der Waals surface area contributed by atoms with Crippen LogP contribution in [0.4, 0.5) is 0 Å². The van der Waals surface area contributed by atoms with E-state index in [0.29, 0.717) is 0 Å². The molecule has 0 aromatic carbocycles. The third-order valence-electron chi connectivity index (χ3n) is 4.91. The van der Waals surface area contributed by atoms with Crippen LogP contribution in [0.3, 0.4) is 0 Å². The van der Waals surface area contributed by atoms with E-state index in [1.165, 1.54) is 89.9 Å². The molecule has 0 aliphatic rings. The second-order valence-corrected chi connectivity index (χ2v) is 12.6. The van der Waals surface area contributed by atoms with Gasteiger partial charge in [0.15, 0.2) is 0 Å². The van der Waals surface area contributed by atoms with Crippen molar-refractivity contribution in [3.05, 3.63) is 0 Å². The standard InChI is InChI=1S/C20H43ClOSi/c1-4-7-8-9-10-11-12-13-14-15-16-17-18-19-20-22-23(21,5-2)6-3/h4-20H2,1-3H3. The lowest BCUT2D eigenvalue weighted by Crippen LogP contribution is -2.29. The highest BCUT2D eigenvalue weighted by molar-refractivity contribution is 7.16. The van der Waals surface area contributed by atoms with Gasteiger partial charge in [-0.15, -0.1) is 11.1 Å². The molecule has 0 aliphatic heterocycles. The van der Waals surface area contributed by atoms with Gasteiger partial charge >= 0.3 is 0 Å². The fraction of sp³-hybridized carbons (Fsp3) is 1.00. The zero-order chi connectivity index (χ0) is 17.2. The third kappa shape index (κ3) is 15.7. The van der Waals surface area contributed by atoms with Crippen molar-refractivity contribution in [2.45, 2.75) is 123 Å². The zero-order valence-electron chi connectivity index (χ0n) is 16.3. The summed E-state index contributed by atoms with van der Waals surface area (Å²) in [5.74, 6) is 0. The maximum Gasteiger partial charge on any atom is 0.289 e. The van der Waals surface area contributed by atoms with Crippen LogP contribution in [-0.4, -0.2) is 14.2 Å². The summed E-state index contributed by atoms with van der Waals surface area (Å²) in [6.07, 6.45) is 19.7. The van der Waals surface area contributed by atoms with Gasteiger partial charge in [0.25, 0.3) is 7.63 Å². The molecule has 0 aliphatic carbocycles. The van der Waals surface area contributed by atoms with E-state index in [1.807, 2.05) is 0 Å². The Morgan fingerprint density at radius 3 is 1.26 bits per heavy atom. The summed E-state index contributed by atoms with van der Waals surface area (Å²) in [5.41, 5.74) is 0. The fourth-order valence-electron chi connectivity index (χ4n) is 3.01. The van der Waals surface area contributed by atoms with E-state index in [2.05, 4.69) is 20.8 Å². The number of halogens is 1. The normalized spacial score (nSPS) is 12.0. The van der Waals surface area contributed by atoms with Crippen LogP contribution in [-0.2, 0) is 4.43 Å². The molecule has 0 heterocycles. The molecule has 0 saturated heterocycles. The molecule has 0 aromatic heterocycles. The van der Waals surface area contributed by atoms with E-state index in [1.54, 1.807) is 0 Å². The minimum atomic E-state index is -1.83. The number of hydrogen-bond acceptors (Lipinski definition) is 1. The average Bonchev–Trinajstić information content (AvgIpc) is 2.58. The molecule has 0 bridgehead atoms. The van der Waals surface area contributed by atoms with Crippen molar-refractivity contribution in [1.29, 1.82) is 0 Å². The van der Waals surface area contributed by atoms with Crippen molar-refractivity contribution < 1.29 is 4.43 Å². The van der Waals surface area contributed by atoms with Crippen molar-refractivity contribution in [3.63, 3.8) is 0 Å². The maximum absolute atomic E-state index is 6.48. The maximum atomic E-state index is 6.48. The highest BCUT2D eigenvalue weighted by atomic mass is 35.6. The highest BCUT2D eigenvalue weighted by Crippen LogP contribution is 2.22. The summed E-state index contributed by atoms with van der Waals surface area (Å²) in [5, 5.41) is 0. The Kier molecular flexibility index (Phi) is 17.6. The van der Waals surface area contributed by atoms with Crippen LogP contribution in [0.1, 0.15) is 111 Å². The van der Waals surface area contributed by atoms with E-state index in [4.69, 9.17) is 15.5 Å². The van der Waals surface area contributed by atoms with Crippen molar-refractivity contribution in [3.8, 4) is 0 Å². The van der Waals surface area contributed by atoms with Gasteiger partial charge in [0, 0.05) is 6.61 Å². The minimum Gasteiger partial charge on any atom is -0.403 e. The molecule has 0 aromatic rings. The van der Waals surface area contributed by atoms with Gasteiger partial charge in [0.2, 0.25) is 0 Å². The average molecular weight is 363 g/mol. The first kappa shape index (κ1) is 23.5. The molecule has 23 heavy (non-hydrogen) atoms. The van der Waals surface area contributed by atoms with Crippen LogP contribution in [0.25, 0.3) is 0 Å². The first-order chi connectivity index (χ1) is 11.2. The lowest BCUT2D eigenvalue weighted by Gasteiger charge is -2.21. The second kappa shape index (κ2) is 17.3. The largest absolute Gasteiger partial charge is 0.403 e. The van der Waals surface area contributed by atoms with Crippen LogP contribution in [0.2, 0.25) is 12.1 Å². The summed E-state index contributed by atoms with van der Waals surface area (Å²) >= 11 is 6.48. The summed E-state index contributed by atoms with van der Waals surface area (Å²) < 4.78 is 5.94. The summed E-state index contributed by atoms with van der Waals surface area (Å²) in [7, 11) is -1.83. The molecule has 0 spiro atoms. The van der Waals surface area contributed by atoms with E-state index in [9.17, 15) is 0 Å². The molecule has 140 valence electrons. The molecule has 0 atom stereocenters. The summed E-state index contributed by atoms with van der Waals surface area (Å²) in [6.45, 7) is 7.49. The Hall–Kier alpha value is 0.467. The SMILES string of the molecule is CCCCCCCCCCCCCCCCO[Si](Cl)(CC)CC. The van der Waals surface area contributed by atoms with Gasteiger partial charge in [-0.05, 0) is 18.5 Å². The Morgan fingerprint density at radius 2 is 0.913 bits per heavy atom. The van der Waals surface area contributed by atoms with Crippen molar-refractivity contribution >= 4 is 18.7 Å². The minimum absolute atomic E-state index is 0.884. The number of hydrogen-bond donors (Lipinski definition) is 0. The Bertz CT molecular complexity index is 232. The van der Waals surface area contributed by atoms with Gasteiger partial charge in [-0.3, -0.25) is 0 Å². The molecule has 0 saturated carbocycles. The predicted octanol–water partition coefficient (Wildman–Crippen LogP) is 8.21.